The molecule has 2 rings (SSSR count). The highest BCUT2D eigenvalue weighted by Gasteiger charge is 2.30. The average molecular weight is 492 g/mol. The summed E-state index contributed by atoms with van der Waals surface area (Å²) in [5.41, 5.74) is 5.40. The van der Waals surface area contributed by atoms with E-state index < -0.39 is 60.4 Å². The molecule has 13 nitrogen and oxygen atoms in total. The second-order valence-electron chi connectivity index (χ2n) is 7.68. The van der Waals surface area contributed by atoms with E-state index in [1.807, 2.05) is 0 Å². The molecule has 0 fully saturated rings. The van der Waals surface area contributed by atoms with Crippen molar-refractivity contribution < 1.29 is 34.5 Å². The molecule has 1 aromatic carbocycles. The molecule has 0 spiro atoms. The minimum Gasteiger partial charge on any atom is -0.493 e. The van der Waals surface area contributed by atoms with Crippen molar-refractivity contribution in [2.45, 2.75) is 51.4 Å². The zero-order valence-corrected chi connectivity index (χ0v) is 19.1. The molecule has 7 N–H and O–H groups in total. The Hall–Kier alpha value is -4.13. The van der Waals surface area contributed by atoms with Gasteiger partial charge in [0.1, 0.15) is 12.6 Å². The number of aromatic hydroxyl groups is 1. The third kappa shape index (κ3) is 6.93. The molecule has 190 valence electrons. The van der Waals surface area contributed by atoms with Crippen molar-refractivity contribution in [3.8, 4) is 5.88 Å². The molecule has 0 aliphatic rings. The van der Waals surface area contributed by atoms with Gasteiger partial charge in [0, 0.05) is 6.54 Å². The van der Waals surface area contributed by atoms with Crippen LogP contribution >= 0.6 is 0 Å². The van der Waals surface area contributed by atoms with E-state index in [0.29, 0.717) is 25.1 Å². The number of hydrogen-bond acceptors (Lipinski definition) is 7. The SMILES string of the molecule is CCn1c(CCCN)c(O)n(CC(=O)N[C@@H](CC(=O)O)C(=O)N[C@H](C(=O)O)c2ccccc2)c1=O. The summed E-state index contributed by atoms with van der Waals surface area (Å²) in [6, 6.07) is 4.63. The van der Waals surface area contributed by atoms with Crippen LogP contribution in [-0.4, -0.2) is 60.8 Å². The van der Waals surface area contributed by atoms with Gasteiger partial charge in [-0.3, -0.25) is 23.5 Å². The van der Waals surface area contributed by atoms with Crippen LogP contribution in [0.5, 0.6) is 5.88 Å². The van der Waals surface area contributed by atoms with Crippen LogP contribution in [0.1, 0.15) is 37.1 Å². The first-order chi connectivity index (χ1) is 16.6. The fourth-order valence-electron chi connectivity index (χ4n) is 3.56. The average Bonchev–Trinajstić information content (AvgIpc) is 3.03. The number of carbonyl (C=O) groups excluding carboxylic acids is 2. The van der Waals surface area contributed by atoms with E-state index >= 15 is 0 Å². The van der Waals surface area contributed by atoms with E-state index in [0.717, 1.165) is 4.57 Å². The van der Waals surface area contributed by atoms with Crippen molar-refractivity contribution in [3.63, 3.8) is 0 Å². The highest BCUT2D eigenvalue weighted by atomic mass is 16.4. The van der Waals surface area contributed by atoms with Gasteiger partial charge in [-0.15, -0.1) is 0 Å². The minimum atomic E-state index is -1.63. The monoisotopic (exact) mass is 491 g/mol. The number of carboxylic acid groups (broad SMARTS) is 2. The largest absolute Gasteiger partial charge is 0.493 e. The third-order valence-electron chi connectivity index (χ3n) is 5.23. The van der Waals surface area contributed by atoms with Gasteiger partial charge < -0.3 is 31.7 Å². The molecule has 0 aliphatic carbocycles. The summed E-state index contributed by atoms with van der Waals surface area (Å²) in [6.45, 7) is 1.57. The summed E-state index contributed by atoms with van der Waals surface area (Å²) in [4.78, 5) is 60.9. The van der Waals surface area contributed by atoms with Crippen LogP contribution in [-0.2, 0) is 38.7 Å². The van der Waals surface area contributed by atoms with Crippen LogP contribution in [0.25, 0.3) is 0 Å². The number of aliphatic carboxylic acids is 2. The van der Waals surface area contributed by atoms with Gasteiger partial charge >= 0.3 is 17.6 Å². The third-order valence-corrected chi connectivity index (χ3v) is 5.23. The molecule has 0 unspecified atom stereocenters. The molecule has 1 heterocycles. The molecule has 2 aromatic rings. The predicted octanol–water partition coefficient (Wildman–Crippen LogP) is -0.832. The summed E-state index contributed by atoms with van der Waals surface area (Å²) in [6.07, 6.45) is -0.0341. The molecule has 2 amide bonds. The fourth-order valence-corrected chi connectivity index (χ4v) is 3.56. The summed E-state index contributed by atoms with van der Waals surface area (Å²) >= 11 is 0. The zero-order chi connectivity index (χ0) is 26.1. The lowest BCUT2D eigenvalue weighted by Crippen LogP contribution is -2.50. The van der Waals surface area contributed by atoms with Gasteiger partial charge in [-0.1, -0.05) is 30.3 Å². The maximum atomic E-state index is 12.7. The lowest BCUT2D eigenvalue weighted by atomic mass is 10.1. The lowest BCUT2D eigenvalue weighted by molar-refractivity contribution is -0.143. The number of hydrogen-bond donors (Lipinski definition) is 6. The van der Waals surface area contributed by atoms with Gasteiger partial charge in [0.2, 0.25) is 17.7 Å². The molecule has 0 aliphatic heterocycles. The number of nitrogens with two attached hydrogens (primary N) is 1. The van der Waals surface area contributed by atoms with Crippen LogP contribution in [0.3, 0.4) is 0 Å². The first-order valence-electron chi connectivity index (χ1n) is 10.9. The van der Waals surface area contributed by atoms with Crippen molar-refractivity contribution in [2.24, 2.45) is 5.73 Å². The van der Waals surface area contributed by atoms with Crippen LogP contribution in [0.15, 0.2) is 35.1 Å². The molecule has 35 heavy (non-hydrogen) atoms. The smallest absolute Gasteiger partial charge is 0.331 e. The first-order valence-corrected chi connectivity index (χ1v) is 10.9. The number of amides is 2. The molecule has 2 atom stereocenters. The Labute approximate surface area is 200 Å². The molecule has 0 bridgehead atoms. The van der Waals surface area contributed by atoms with Gasteiger partial charge in [-0.05, 0) is 31.9 Å². The molecule has 13 heteroatoms. The number of rotatable bonds is 13. The van der Waals surface area contributed by atoms with Crippen LogP contribution < -0.4 is 22.1 Å². The van der Waals surface area contributed by atoms with Crippen LogP contribution in [0.4, 0.5) is 0 Å². The van der Waals surface area contributed by atoms with E-state index in [9.17, 15) is 39.3 Å². The Morgan fingerprint density at radius 2 is 1.71 bits per heavy atom. The normalized spacial score (nSPS) is 12.5. The molecule has 0 saturated carbocycles. The Bertz CT molecular complexity index is 1120. The van der Waals surface area contributed by atoms with E-state index in [-0.39, 0.29) is 12.1 Å². The van der Waals surface area contributed by atoms with Gasteiger partial charge in [0.15, 0.2) is 6.04 Å². The van der Waals surface area contributed by atoms with E-state index in [4.69, 9.17) is 5.73 Å². The second kappa shape index (κ2) is 12.4. The van der Waals surface area contributed by atoms with E-state index in [2.05, 4.69) is 10.6 Å². The first kappa shape index (κ1) is 27.1. The van der Waals surface area contributed by atoms with E-state index in [1.54, 1.807) is 25.1 Å². The van der Waals surface area contributed by atoms with Gasteiger partial charge in [0.05, 0.1) is 12.1 Å². The van der Waals surface area contributed by atoms with Crippen LogP contribution in [0, 0.1) is 0 Å². The highest BCUT2D eigenvalue weighted by Crippen LogP contribution is 2.18. The quantitative estimate of drug-likeness (QED) is 0.206. The van der Waals surface area contributed by atoms with Crippen molar-refractivity contribution in [2.75, 3.05) is 6.54 Å². The van der Waals surface area contributed by atoms with Gasteiger partial charge in [-0.2, -0.15) is 0 Å². The molecular weight excluding hydrogens is 462 g/mol. The molecule has 0 saturated heterocycles. The number of benzene rings is 1. The Morgan fingerprint density at radius 3 is 2.26 bits per heavy atom. The number of nitrogens with one attached hydrogen (secondary N) is 2. The van der Waals surface area contributed by atoms with Crippen molar-refractivity contribution in [1.29, 1.82) is 0 Å². The fraction of sp³-hybridized carbons (Fsp3) is 0.409. The maximum absolute atomic E-state index is 12.7. The minimum absolute atomic E-state index is 0.237. The molecule has 1 aromatic heterocycles. The van der Waals surface area contributed by atoms with Gasteiger partial charge in [-0.25, -0.2) is 9.59 Å². The van der Waals surface area contributed by atoms with Crippen molar-refractivity contribution in [3.05, 3.63) is 52.1 Å². The van der Waals surface area contributed by atoms with Crippen molar-refractivity contribution in [1.82, 2.24) is 19.8 Å². The lowest BCUT2D eigenvalue weighted by Gasteiger charge is -2.20. The van der Waals surface area contributed by atoms with Gasteiger partial charge in [0.25, 0.3) is 0 Å². The number of aromatic nitrogens is 2. The number of carbonyl (C=O) groups is 4. The predicted molar refractivity (Wildman–Crippen MR) is 123 cm³/mol. The maximum Gasteiger partial charge on any atom is 0.331 e. The number of nitrogens with zero attached hydrogens (tertiary/aromatic N) is 2. The Balaban J connectivity index is 2.22. The summed E-state index contributed by atoms with van der Waals surface area (Å²) < 4.78 is 2.10. The van der Waals surface area contributed by atoms with E-state index in [1.165, 1.54) is 16.7 Å². The van der Waals surface area contributed by atoms with Crippen molar-refractivity contribution >= 4 is 23.8 Å². The Kier molecular flexibility index (Phi) is 9.58. The standard InChI is InChI=1S/C22H29N5O8/c1-2-26-15(9-6-10-23)20(32)27(22(26)35)12-16(28)24-14(11-17(29)30)19(31)25-18(21(33)34)13-7-4-3-5-8-13/h3-5,7-8,14,18,32H,2,6,9-12,23H2,1H3,(H,24,28)(H,25,31)(H,29,30)(H,33,34)/t14-,18-/m0/s1. The number of imidazole rings is 1. The van der Waals surface area contributed by atoms with Crippen LogP contribution in [0.2, 0.25) is 0 Å². The molecule has 0 radical (unpaired) electrons. The zero-order valence-electron chi connectivity index (χ0n) is 19.1. The topological polar surface area (TPSA) is 206 Å². The highest BCUT2D eigenvalue weighted by molar-refractivity contribution is 5.93. The summed E-state index contributed by atoms with van der Waals surface area (Å²) in [5, 5.41) is 33.6. The number of carboxylic acids is 2. The Morgan fingerprint density at radius 1 is 1.06 bits per heavy atom. The second-order valence-corrected chi connectivity index (χ2v) is 7.68. The summed E-state index contributed by atoms with van der Waals surface area (Å²) in [5.74, 6) is -5.18. The summed E-state index contributed by atoms with van der Waals surface area (Å²) in [7, 11) is 0. The molecular formula is C22H29N5O8.